The first-order valence-electron chi connectivity index (χ1n) is 9.82. The minimum absolute atomic E-state index is 0.1000. The van der Waals surface area contributed by atoms with E-state index < -0.39 is 0 Å². The Kier molecular flexibility index (Phi) is 8.71. The lowest BCUT2D eigenvalue weighted by Crippen LogP contribution is -2.43. The van der Waals surface area contributed by atoms with Gasteiger partial charge < -0.3 is 19.9 Å². The van der Waals surface area contributed by atoms with Crippen molar-refractivity contribution < 1.29 is 9.13 Å². The maximum Gasteiger partial charge on any atom is 0.191 e. The van der Waals surface area contributed by atoms with Gasteiger partial charge in [0.05, 0.1) is 6.54 Å². The second-order valence-electron chi connectivity index (χ2n) is 6.65. The highest BCUT2D eigenvalue weighted by molar-refractivity contribution is 5.79. The van der Waals surface area contributed by atoms with Crippen LogP contribution in [0.4, 0.5) is 4.39 Å². The van der Waals surface area contributed by atoms with Gasteiger partial charge in [0.1, 0.15) is 30.0 Å². The van der Waals surface area contributed by atoms with Crippen molar-refractivity contribution in [1.82, 2.24) is 25.4 Å². The van der Waals surface area contributed by atoms with Crippen molar-refractivity contribution in [2.45, 2.75) is 52.7 Å². The van der Waals surface area contributed by atoms with E-state index in [2.05, 4.69) is 32.7 Å². The van der Waals surface area contributed by atoms with Gasteiger partial charge >= 0.3 is 0 Å². The fourth-order valence-electron chi connectivity index (χ4n) is 2.51. The molecule has 154 valence electrons. The molecule has 0 aliphatic heterocycles. The molecule has 1 aromatic heterocycles. The molecule has 0 radical (unpaired) electrons. The summed E-state index contributed by atoms with van der Waals surface area (Å²) in [5.41, 5.74) is 0. The Morgan fingerprint density at radius 1 is 1.29 bits per heavy atom. The Labute approximate surface area is 166 Å². The number of hydrogen-bond acceptors (Lipinski definition) is 4. The van der Waals surface area contributed by atoms with Gasteiger partial charge in [-0.25, -0.2) is 9.38 Å². The van der Waals surface area contributed by atoms with E-state index in [-0.39, 0.29) is 11.9 Å². The molecule has 2 N–H and O–H groups in total. The molecule has 8 heteroatoms. The van der Waals surface area contributed by atoms with E-state index in [1.165, 1.54) is 12.1 Å². The van der Waals surface area contributed by atoms with Crippen molar-refractivity contribution in [3.05, 3.63) is 41.7 Å². The predicted octanol–water partition coefficient (Wildman–Crippen LogP) is 2.96. The summed E-state index contributed by atoms with van der Waals surface area (Å²) >= 11 is 0. The number of aliphatic imine (C=N–C) groups is 1. The fourth-order valence-corrected chi connectivity index (χ4v) is 2.51. The number of rotatable bonds is 10. The Morgan fingerprint density at radius 2 is 2.11 bits per heavy atom. The quantitative estimate of drug-likeness (QED) is 0.371. The third kappa shape index (κ3) is 6.83. The molecule has 1 heterocycles. The summed E-state index contributed by atoms with van der Waals surface area (Å²) in [6.45, 7) is 7.92. The Bertz CT molecular complexity index is 761. The molecule has 7 nitrogen and oxygen atoms in total. The minimum Gasteiger partial charge on any atom is -0.489 e. The van der Waals surface area contributed by atoms with Crippen LogP contribution in [0.3, 0.4) is 0 Å². The second kappa shape index (κ2) is 11.3. The van der Waals surface area contributed by atoms with E-state index in [0.29, 0.717) is 24.8 Å². The molecule has 0 aliphatic carbocycles. The first kappa shape index (κ1) is 21.7. The molecule has 1 unspecified atom stereocenters. The Morgan fingerprint density at radius 3 is 2.75 bits per heavy atom. The number of ether oxygens (including phenoxy) is 1. The number of nitrogens with zero attached hydrogens (tertiary/aromatic N) is 4. The summed E-state index contributed by atoms with van der Waals surface area (Å²) < 4.78 is 21.2. The highest BCUT2D eigenvalue weighted by Crippen LogP contribution is 2.14. The highest BCUT2D eigenvalue weighted by atomic mass is 19.1. The van der Waals surface area contributed by atoms with Gasteiger partial charge in [-0.2, -0.15) is 0 Å². The zero-order chi connectivity index (χ0) is 20.4. The van der Waals surface area contributed by atoms with Gasteiger partial charge in [0.15, 0.2) is 11.8 Å². The molecule has 0 saturated carbocycles. The average molecular weight is 391 g/mol. The topological polar surface area (TPSA) is 76.4 Å². The van der Waals surface area contributed by atoms with Gasteiger partial charge in [-0.3, -0.25) is 0 Å². The molecule has 0 bridgehead atoms. The molecule has 0 aliphatic rings. The summed E-state index contributed by atoms with van der Waals surface area (Å²) in [5.74, 6) is 2.59. The van der Waals surface area contributed by atoms with E-state index in [1.54, 1.807) is 12.1 Å². The maximum absolute atomic E-state index is 13.4. The number of unbranched alkanes of at least 4 members (excludes halogenated alkanes) is 1. The number of hydrogen-bond donors (Lipinski definition) is 2. The Hall–Kier alpha value is -2.64. The van der Waals surface area contributed by atoms with Crippen LogP contribution in [0.15, 0.2) is 29.3 Å². The van der Waals surface area contributed by atoms with Crippen LogP contribution in [-0.4, -0.2) is 39.9 Å². The maximum atomic E-state index is 13.4. The van der Waals surface area contributed by atoms with Crippen LogP contribution in [0, 0.1) is 12.7 Å². The molecule has 0 amide bonds. The van der Waals surface area contributed by atoms with Crippen molar-refractivity contribution in [2.24, 2.45) is 12.0 Å². The van der Waals surface area contributed by atoms with Gasteiger partial charge in [-0.15, -0.1) is 10.2 Å². The summed E-state index contributed by atoms with van der Waals surface area (Å²) in [5, 5.41) is 14.9. The van der Waals surface area contributed by atoms with Crippen LogP contribution < -0.4 is 15.4 Å². The van der Waals surface area contributed by atoms with Crippen LogP contribution in [0.1, 0.15) is 44.8 Å². The van der Waals surface area contributed by atoms with Crippen molar-refractivity contribution in [2.75, 3.05) is 13.1 Å². The first-order valence-corrected chi connectivity index (χ1v) is 9.82. The number of halogens is 1. The molecule has 1 atom stereocenters. The van der Waals surface area contributed by atoms with Gasteiger partial charge in [0.25, 0.3) is 0 Å². The monoisotopic (exact) mass is 390 g/mol. The van der Waals surface area contributed by atoms with Crippen LogP contribution in [0.2, 0.25) is 0 Å². The van der Waals surface area contributed by atoms with E-state index >= 15 is 0 Å². The van der Waals surface area contributed by atoms with Crippen LogP contribution in [-0.2, 0) is 13.6 Å². The van der Waals surface area contributed by atoms with Crippen molar-refractivity contribution in [1.29, 1.82) is 0 Å². The lowest BCUT2D eigenvalue weighted by molar-refractivity contribution is 0.198. The van der Waals surface area contributed by atoms with E-state index in [4.69, 9.17) is 4.74 Å². The summed E-state index contributed by atoms with van der Waals surface area (Å²) in [6.07, 6.45) is 2.84. The van der Waals surface area contributed by atoms with Crippen molar-refractivity contribution in [3.8, 4) is 5.75 Å². The third-order valence-electron chi connectivity index (χ3n) is 4.44. The molecule has 1 aromatic carbocycles. The summed E-state index contributed by atoms with van der Waals surface area (Å²) in [4.78, 5) is 4.62. The van der Waals surface area contributed by atoms with Gasteiger partial charge in [-0.1, -0.05) is 26.3 Å². The zero-order valence-electron chi connectivity index (χ0n) is 17.2. The van der Waals surface area contributed by atoms with Crippen molar-refractivity contribution in [3.63, 3.8) is 0 Å². The third-order valence-corrected chi connectivity index (χ3v) is 4.44. The largest absolute Gasteiger partial charge is 0.489 e. The van der Waals surface area contributed by atoms with Crippen molar-refractivity contribution >= 4 is 5.96 Å². The van der Waals surface area contributed by atoms with Gasteiger partial charge in [0.2, 0.25) is 0 Å². The molecular formula is C20H31FN6O. The van der Waals surface area contributed by atoms with E-state index in [0.717, 1.165) is 37.5 Å². The van der Waals surface area contributed by atoms with Crippen LogP contribution in [0.5, 0.6) is 5.75 Å². The normalized spacial score (nSPS) is 12.7. The molecule has 0 fully saturated rings. The smallest absolute Gasteiger partial charge is 0.191 e. The molecular weight excluding hydrogens is 359 g/mol. The second-order valence-corrected chi connectivity index (χ2v) is 6.65. The number of benzene rings is 1. The molecule has 0 spiro atoms. The summed E-state index contributed by atoms with van der Waals surface area (Å²) in [6, 6.07) is 6.21. The number of guanidine groups is 1. The number of aryl methyl sites for hydroxylation is 1. The lowest BCUT2D eigenvalue weighted by atomic mass is 10.2. The van der Waals surface area contributed by atoms with E-state index in [1.807, 2.05) is 25.5 Å². The predicted molar refractivity (Wildman–Crippen MR) is 109 cm³/mol. The molecule has 2 rings (SSSR count). The standard InChI is InChI=1S/C20H31FN6O/c1-5-7-11-22-20(24-14-19-26-25-15(3)27(19)4)23-13-17(6-2)28-18-10-8-9-16(21)12-18/h8-10,12,17H,5-7,11,13-14H2,1-4H3,(H2,22,23,24). The van der Waals surface area contributed by atoms with E-state index in [9.17, 15) is 4.39 Å². The number of aromatic nitrogens is 3. The van der Waals surface area contributed by atoms with Gasteiger partial charge in [-0.05, 0) is 31.9 Å². The fraction of sp³-hybridized carbons (Fsp3) is 0.550. The SMILES string of the molecule is CCCCNC(=NCc1nnc(C)n1C)NCC(CC)Oc1cccc(F)c1. The lowest BCUT2D eigenvalue weighted by Gasteiger charge is -2.20. The molecule has 28 heavy (non-hydrogen) atoms. The average Bonchev–Trinajstić information content (AvgIpc) is 3.00. The summed E-state index contributed by atoms with van der Waals surface area (Å²) in [7, 11) is 1.93. The number of nitrogens with one attached hydrogen (secondary N) is 2. The highest BCUT2D eigenvalue weighted by Gasteiger charge is 2.11. The minimum atomic E-state index is -0.303. The molecule has 0 saturated heterocycles. The zero-order valence-corrected chi connectivity index (χ0v) is 17.2. The first-order chi connectivity index (χ1) is 13.5. The Balaban J connectivity index is 1.97. The van der Waals surface area contributed by atoms with Crippen LogP contribution in [0.25, 0.3) is 0 Å². The van der Waals surface area contributed by atoms with Crippen LogP contribution >= 0.6 is 0 Å². The molecule has 2 aromatic rings. The van der Waals surface area contributed by atoms with Gasteiger partial charge in [0, 0.05) is 19.7 Å².